The maximum atomic E-state index is 13.8. The minimum atomic E-state index is -4.49. The van der Waals surface area contributed by atoms with Gasteiger partial charge in [-0.3, -0.25) is 5.10 Å². The van der Waals surface area contributed by atoms with Crippen LogP contribution in [0.1, 0.15) is 24.2 Å². The first-order chi connectivity index (χ1) is 15.9. The Kier molecular flexibility index (Phi) is 5.45. The van der Waals surface area contributed by atoms with Crippen molar-refractivity contribution < 1.29 is 17.9 Å². The second-order valence-electron chi connectivity index (χ2n) is 7.93. The largest absolute Gasteiger partial charge is 0.416 e. The maximum absolute atomic E-state index is 13.8. The van der Waals surface area contributed by atoms with Crippen molar-refractivity contribution in [3.05, 3.63) is 71.1 Å². The number of nitrogens with zero attached hydrogens (tertiary/aromatic N) is 3. The van der Waals surface area contributed by atoms with Gasteiger partial charge in [-0.1, -0.05) is 30.3 Å². The number of ether oxygens (including phenoxy) is 1. The van der Waals surface area contributed by atoms with E-state index in [1.165, 1.54) is 12.1 Å². The van der Waals surface area contributed by atoms with Crippen LogP contribution in [0, 0.1) is 0 Å². The lowest BCUT2D eigenvalue weighted by Crippen LogP contribution is -2.45. The van der Waals surface area contributed by atoms with Crippen LogP contribution in [0.4, 0.5) is 19.0 Å². The van der Waals surface area contributed by atoms with Gasteiger partial charge in [-0.25, -0.2) is 4.99 Å². The summed E-state index contributed by atoms with van der Waals surface area (Å²) in [5.74, 6) is 1.78. The van der Waals surface area contributed by atoms with Gasteiger partial charge in [-0.05, 0) is 25.1 Å². The van der Waals surface area contributed by atoms with Gasteiger partial charge < -0.3 is 20.3 Å². The molecule has 1 saturated heterocycles. The molecule has 3 heterocycles. The van der Waals surface area contributed by atoms with E-state index < -0.39 is 17.9 Å². The van der Waals surface area contributed by atoms with Crippen molar-refractivity contribution in [1.29, 1.82) is 0 Å². The van der Waals surface area contributed by atoms with E-state index in [0.29, 0.717) is 43.8 Å². The number of halogens is 3. The van der Waals surface area contributed by atoms with Crippen LogP contribution in [0.2, 0.25) is 0 Å². The summed E-state index contributed by atoms with van der Waals surface area (Å²) >= 11 is 0. The zero-order valence-corrected chi connectivity index (χ0v) is 17.9. The van der Waals surface area contributed by atoms with Crippen LogP contribution < -0.4 is 10.6 Å². The lowest BCUT2D eigenvalue weighted by molar-refractivity contribution is -0.138. The Bertz CT molecular complexity index is 1230. The fourth-order valence-corrected chi connectivity index (χ4v) is 4.15. The molecular formula is C23H23F3N6O. The van der Waals surface area contributed by atoms with E-state index in [9.17, 15) is 13.2 Å². The monoisotopic (exact) mass is 456 g/mol. The molecule has 1 unspecified atom stereocenters. The Hall–Kier alpha value is -3.53. The third-order valence-electron chi connectivity index (χ3n) is 5.83. The van der Waals surface area contributed by atoms with Crippen LogP contribution in [-0.2, 0) is 10.9 Å². The van der Waals surface area contributed by atoms with Gasteiger partial charge in [0.15, 0.2) is 5.82 Å². The van der Waals surface area contributed by atoms with Crippen molar-refractivity contribution in [1.82, 2.24) is 20.4 Å². The van der Waals surface area contributed by atoms with Gasteiger partial charge in [0.1, 0.15) is 17.8 Å². The Morgan fingerprint density at radius 3 is 2.58 bits per heavy atom. The average molecular weight is 456 g/mol. The zero-order chi connectivity index (χ0) is 23.0. The highest BCUT2D eigenvalue weighted by molar-refractivity contribution is 6.00. The van der Waals surface area contributed by atoms with Gasteiger partial charge in [0, 0.05) is 29.6 Å². The molecule has 2 aliphatic rings. The first-order valence-corrected chi connectivity index (χ1v) is 10.7. The number of morpholine rings is 1. The summed E-state index contributed by atoms with van der Waals surface area (Å²) in [7, 11) is 0. The smallest absolute Gasteiger partial charge is 0.378 e. The lowest BCUT2D eigenvalue weighted by Gasteiger charge is -2.36. The number of fused-ring (bicyclic) bond motifs is 1. The molecule has 10 heteroatoms. The van der Waals surface area contributed by atoms with Crippen molar-refractivity contribution in [2.45, 2.75) is 19.3 Å². The third kappa shape index (κ3) is 4.13. The number of benzene rings is 2. The predicted molar refractivity (Wildman–Crippen MR) is 120 cm³/mol. The highest BCUT2D eigenvalue weighted by Gasteiger charge is 2.37. The summed E-state index contributed by atoms with van der Waals surface area (Å²) in [6.45, 7) is 4.20. The standard InChI is InChI=1S/C23H23F3N6O/c1-14-19(28-21-16-7-3-5-9-18(16)30-31-21)27-20(29-22(14)32-10-12-33-13-11-32)15-6-2-4-8-17(15)23(24,25)26/h2-9,20,27H,10-13H2,1H3,(H2,28,30,31). The number of aliphatic imine (C=N–C) groups is 1. The number of hydrogen-bond donors (Lipinski definition) is 3. The number of anilines is 1. The van der Waals surface area contributed by atoms with E-state index in [0.717, 1.165) is 22.5 Å². The molecule has 0 bridgehead atoms. The zero-order valence-electron chi connectivity index (χ0n) is 17.9. The molecule has 7 nitrogen and oxygen atoms in total. The van der Waals surface area contributed by atoms with Gasteiger partial charge in [-0.15, -0.1) is 0 Å². The van der Waals surface area contributed by atoms with Crippen LogP contribution in [0.3, 0.4) is 0 Å². The number of alkyl halides is 3. The Morgan fingerprint density at radius 2 is 1.79 bits per heavy atom. The lowest BCUT2D eigenvalue weighted by atomic mass is 10.0. The van der Waals surface area contributed by atoms with Crippen LogP contribution in [0.15, 0.2) is 64.9 Å². The molecule has 5 rings (SSSR count). The molecule has 0 aliphatic carbocycles. The average Bonchev–Trinajstić information content (AvgIpc) is 3.23. The Labute approximate surface area is 188 Å². The number of H-pyrrole nitrogens is 1. The molecule has 1 atom stereocenters. The first kappa shape index (κ1) is 21.3. The molecule has 1 aromatic heterocycles. The Morgan fingerprint density at radius 1 is 1.06 bits per heavy atom. The third-order valence-corrected chi connectivity index (χ3v) is 5.83. The van der Waals surface area contributed by atoms with E-state index in [1.54, 1.807) is 6.07 Å². The fourth-order valence-electron chi connectivity index (χ4n) is 4.15. The molecule has 3 N–H and O–H groups in total. The van der Waals surface area contributed by atoms with Gasteiger partial charge in [-0.2, -0.15) is 18.3 Å². The molecule has 0 radical (unpaired) electrons. The van der Waals surface area contributed by atoms with Crippen LogP contribution in [0.25, 0.3) is 10.9 Å². The van der Waals surface area contributed by atoms with Gasteiger partial charge >= 0.3 is 6.18 Å². The highest BCUT2D eigenvalue weighted by Crippen LogP contribution is 2.37. The van der Waals surface area contributed by atoms with Crippen LogP contribution in [-0.4, -0.2) is 47.2 Å². The van der Waals surface area contributed by atoms with Crippen LogP contribution in [0.5, 0.6) is 0 Å². The van der Waals surface area contributed by atoms with E-state index in [2.05, 4.69) is 20.8 Å². The van der Waals surface area contributed by atoms with Crippen LogP contribution >= 0.6 is 0 Å². The van der Waals surface area contributed by atoms with E-state index in [-0.39, 0.29) is 5.56 Å². The summed E-state index contributed by atoms with van der Waals surface area (Å²) in [5.41, 5.74) is 1.01. The second-order valence-corrected chi connectivity index (χ2v) is 7.93. The van der Waals surface area contributed by atoms with Crippen molar-refractivity contribution in [2.75, 3.05) is 31.6 Å². The number of aromatic nitrogens is 2. The quantitative estimate of drug-likeness (QED) is 0.549. The van der Waals surface area contributed by atoms with Crippen molar-refractivity contribution in [3.8, 4) is 0 Å². The van der Waals surface area contributed by atoms with Crippen molar-refractivity contribution >= 4 is 22.6 Å². The SMILES string of the molecule is CC1=C(Nc2n[nH]c3ccccc23)NC(c2ccccc2C(F)(F)F)N=C1N1CCOCC1. The predicted octanol–water partition coefficient (Wildman–Crippen LogP) is 4.26. The van der Waals surface area contributed by atoms with Crippen molar-refractivity contribution in [3.63, 3.8) is 0 Å². The molecule has 172 valence electrons. The molecule has 0 saturated carbocycles. The molecule has 0 spiro atoms. The fraction of sp³-hybridized carbons (Fsp3) is 0.304. The molecule has 2 aromatic carbocycles. The number of para-hydroxylation sites is 1. The number of hydrogen-bond acceptors (Lipinski definition) is 6. The topological polar surface area (TPSA) is 77.6 Å². The normalized spacial score (nSPS) is 19.5. The molecule has 3 aromatic rings. The van der Waals surface area contributed by atoms with E-state index >= 15 is 0 Å². The number of nitrogens with one attached hydrogen (secondary N) is 3. The minimum absolute atomic E-state index is 0.0643. The summed E-state index contributed by atoms with van der Waals surface area (Å²) in [6, 6.07) is 13.2. The van der Waals surface area contributed by atoms with Gasteiger partial charge in [0.05, 0.1) is 24.3 Å². The molecule has 1 fully saturated rings. The molecule has 33 heavy (non-hydrogen) atoms. The number of rotatable bonds is 3. The highest BCUT2D eigenvalue weighted by atomic mass is 19.4. The molecule has 2 aliphatic heterocycles. The summed E-state index contributed by atoms with van der Waals surface area (Å²) < 4.78 is 46.7. The summed E-state index contributed by atoms with van der Waals surface area (Å²) in [6.07, 6.45) is -5.41. The van der Waals surface area contributed by atoms with E-state index in [4.69, 9.17) is 9.73 Å². The van der Waals surface area contributed by atoms with Gasteiger partial charge in [0.2, 0.25) is 0 Å². The van der Waals surface area contributed by atoms with Crippen molar-refractivity contribution in [2.24, 2.45) is 4.99 Å². The summed E-state index contributed by atoms with van der Waals surface area (Å²) in [5, 5.41) is 14.7. The Balaban J connectivity index is 1.56. The minimum Gasteiger partial charge on any atom is -0.378 e. The summed E-state index contributed by atoms with van der Waals surface area (Å²) in [4.78, 5) is 6.77. The second kappa shape index (κ2) is 8.43. The maximum Gasteiger partial charge on any atom is 0.416 e. The molecular weight excluding hydrogens is 433 g/mol. The number of aromatic amines is 1. The first-order valence-electron chi connectivity index (χ1n) is 10.7. The van der Waals surface area contributed by atoms with Gasteiger partial charge in [0.25, 0.3) is 0 Å². The number of amidine groups is 1. The molecule has 0 amide bonds. The van der Waals surface area contributed by atoms with E-state index in [1.807, 2.05) is 36.1 Å².